The standard InChI is InChI=1S/C16H21N5O2S/c1-4-24-15-13(10-5-6-11(9-10)16(22)23-3)14(17)21(19-15)12-7-8-20(2)18-12/h7-9,11H,4-6,17H2,1-3H3. The van der Waals surface area contributed by atoms with Crippen molar-refractivity contribution in [2.45, 2.75) is 24.8 Å². The highest BCUT2D eigenvalue weighted by Crippen LogP contribution is 2.40. The number of anilines is 1. The largest absolute Gasteiger partial charge is 0.469 e. The lowest BCUT2D eigenvalue weighted by atomic mass is 10.1. The van der Waals surface area contributed by atoms with E-state index in [0.717, 1.165) is 34.8 Å². The monoisotopic (exact) mass is 347 g/mol. The number of ether oxygens (including phenoxy) is 1. The molecule has 7 nitrogen and oxygen atoms in total. The van der Waals surface area contributed by atoms with Gasteiger partial charge in [-0.2, -0.15) is 14.9 Å². The number of hydrogen-bond acceptors (Lipinski definition) is 6. The number of methoxy groups -OCH3 is 1. The first kappa shape index (κ1) is 16.6. The van der Waals surface area contributed by atoms with Crippen LogP contribution in [0.2, 0.25) is 0 Å². The summed E-state index contributed by atoms with van der Waals surface area (Å²) in [5, 5.41) is 9.89. The zero-order chi connectivity index (χ0) is 17.3. The lowest BCUT2D eigenvalue weighted by Crippen LogP contribution is -2.10. The first-order valence-corrected chi connectivity index (χ1v) is 8.84. The number of carbonyl (C=O) groups is 1. The van der Waals surface area contributed by atoms with E-state index in [-0.39, 0.29) is 11.9 Å². The van der Waals surface area contributed by atoms with Crippen LogP contribution in [0.3, 0.4) is 0 Å². The van der Waals surface area contributed by atoms with Crippen molar-refractivity contribution in [2.24, 2.45) is 13.0 Å². The molecule has 1 atom stereocenters. The molecule has 2 heterocycles. The molecular formula is C16H21N5O2S. The molecule has 0 bridgehead atoms. The number of nitrogens with zero attached hydrogens (tertiary/aromatic N) is 4. The lowest BCUT2D eigenvalue weighted by molar-refractivity contribution is -0.143. The third-order valence-corrected chi connectivity index (χ3v) is 4.89. The Balaban J connectivity index is 2.04. The van der Waals surface area contributed by atoms with Gasteiger partial charge in [0.05, 0.1) is 18.6 Å². The van der Waals surface area contributed by atoms with E-state index in [1.165, 1.54) is 7.11 Å². The van der Waals surface area contributed by atoms with E-state index in [0.29, 0.717) is 11.6 Å². The van der Waals surface area contributed by atoms with Gasteiger partial charge in [0.1, 0.15) is 10.8 Å². The summed E-state index contributed by atoms with van der Waals surface area (Å²) in [6.45, 7) is 2.07. The molecule has 0 aromatic carbocycles. The van der Waals surface area contributed by atoms with Crippen LogP contribution in [-0.2, 0) is 16.6 Å². The second-order valence-corrected chi connectivity index (χ2v) is 6.87. The van der Waals surface area contributed by atoms with E-state index in [1.54, 1.807) is 21.1 Å². The van der Waals surface area contributed by atoms with Crippen LogP contribution in [0.4, 0.5) is 5.82 Å². The minimum absolute atomic E-state index is 0.203. The maximum absolute atomic E-state index is 11.8. The quantitative estimate of drug-likeness (QED) is 0.659. The number of nitrogen functional groups attached to an aromatic ring is 1. The van der Waals surface area contributed by atoms with Gasteiger partial charge in [0.2, 0.25) is 0 Å². The molecule has 3 rings (SSSR count). The Labute approximate surface area is 144 Å². The fourth-order valence-electron chi connectivity index (χ4n) is 2.91. The third kappa shape index (κ3) is 2.93. The molecule has 2 N–H and O–H groups in total. The maximum Gasteiger partial charge on any atom is 0.312 e. The summed E-state index contributed by atoms with van der Waals surface area (Å²) in [5.41, 5.74) is 8.36. The molecule has 24 heavy (non-hydrogen) atoms. The fourth-order valence-corrected chi connectivity index (χ4v) is 3.70. The van der Waals surface area contributed by atoms with Gasteiger partial charge in [-0.05, 0) is 24.2 Å². The van der Waals surface area contributed by atoms with Crippen molar-refractivity contribution in [3.8, 4) is 5.82 Å². The number of allylic oxidation sites excluding steroid dienone is 1. The number of aromatic nitrogens is 4. The number of aryl methyl sites for hydroxylation is 1. The van der Waals surface area contributed by atoms with Crippen LogP contribution in [0.15, 0.2) is 23.4 Å². The molecule has 0 aliphatic heterocycles. The normalized spacial score (nSPS) is 17.1. The molecule has 0 radical (unpaired) electrons. The van der Waals surface area contributed by atoms with Gasteiger partial charge < -0.3 is 10.5 Å². The minimum Gasteiger partial charge on any atom is -0.469 e. The van der Waals surface area contributed by atoms with Gasteiger partial charge in [0, 0.05) is 19.3 Å². The summed E-state index contributed by atoms with van der Waals surface area (Å²) in [4.78, 5) is 11.8. The number of nitrogens with two attached hydrogens (primary N) is 1. The number of rotatable bonds is 5. The molecule has 1 aliphatic carbocycles. The van der Waals surface area contributed by atoms with Crippen molar-refractivity contribution >= 4 is 29.1 Å². The zero-order valence-electron chi connectivity index (χ0n) is 14.0. The van der Waals surface area contributed by atoms with E-state index in [1.807, 2.05) is 25.4 Å². The highest BCUT2D eigenvalue weighted by Gasteiger charge is 2.28. The summed E-state index contributed by atoms with van der Waals surface area (Å²) >= 11 is 1.64. The molecule has 0 saturated carbocycles. The molecule has 1 aliphatic rings. The van der Waals surface area contributed by atoms with Crippen molar-refractivity contribution in [1.29, 1.82) is 0 Å². The molecule has 1 unspecified atom stereocenters. The topological polar surface area (TPSA) is 88.0 Å². The van der Waals surface area contributed by atoms with Crippen LogP contribution in [0.1, 0.15) is 25.3 Å². The Morgan fingerprint density at radius 3 is 2.92 bits per heavy atom. The highest BCUT2D eigenvalue weighted by molar-refractivity contribution is 7.99. The smallest absolute Gasteiger partial charge is 0.312 e. The van der Waals surface area contributed by atoms with Crippen LogP contribution >= 0.6 is 11.8 Å². The Morgan fingerprint density at radius 2 is 2.29 bits per heavy atom. The zero-order valence-corrected chi connectivity index (χ0v) is 14.8. The molecule has 8 heteroatoms. The van der Waals surface area contributed by atoms with Crippen molar-refractivity contribution in [3.05, 3.63) is 23.9 Å². The Bertz CT molecular complexity index is 792. The summed E-state index contributed by atoms with van der Waals surface area (Å²) in [7, 11) is 3.27. The highest BCUT2D eigenvalue weighted by atomic mass is 32.2. The van der Waals surface area contributed by atoms with Gasteiger partial charge in [-0.25, -0.2) is 0 Å². The summed E-state index contributed by atoms with van der Waals surface area (Å²) < 4.78 is 8.23. The fraction of sp³-hybridized carbons (Fsp3) is 0.438. The van der Waals surface area contributed by atoms with Gasteiger partial charge in [-0.3, -0.25) is 9.48 Å². The van der Waals surface area contributed by atoms with Gasteiger partial charge in [0.25, 0.3) is 0 Å². The Morgan fingerprint density at radius 1 is 1.50 bits per heavy atom. The number of hydrogen-bond donors (Lipinski definition) is 1. The molecule has 128 valence electrons. The average Bonchev–Trinajstić information content (AvgIpc) is 3.26. The molecule has 2 aromatic heterocycles. The Kier molecular flexibility index (Phi) is 4.66. The van der Waals surface area contributed by atoms with E-state index < -0.39 is 0 Å². The molecule has 0 spiro atoms. The molecule has 0 amide bonds. The summed E-state index contributed by atoms with van der Waals surface area (Å²) in [6, 6.07) is 1.87. The number of carbonyl (C=O) groups excluding carboxylic acids is 1. The lowest BCUT2D eigenvalue weighted by Gasteiger charge is -2.04. The molecular weight excluding hydrogens is 326 g/mol. The van der Waals surface area contributed by atoms with Crippen LogP contribution in [-0.4, -0.2) is 38.4 Å². The summed E-state index contributed by atoms with van der Waals surface area (Å²) in [5.74, 6) is 1.72. The SMILES string of the molecule is CCSc1nn(-c2ccn(C)n2)c(N)c1C1=CC(C(=O)OC)CC1. The van der Waals surface area contributed by atoms with E-state index >= 15 is 0 Å². The van der Waals surface area contributed by atoms with Gasteiger partial charge in [-0.1, -0.05) is 13.0 Å². The number of thioether (sulfide) groups is 1. The van der Waals surface area contributed by atoms with E-state index in [9.17, 15) is 4.79 Å². The minimum atomic E-state index is -0.206. The van der Waals surface area contributed by atoms with Gasteiger partial charge >= 0.3 is 5.97 Å². The molecule has 0 saturated heterocycles. The predicted octanol–water partition coefficient (Wildman–Crippen LogP) is 2.27. The van der Waals surface area contributed by atoms with Crippen LogP contribution in [0.5, 0.6) is 0 Å². The second kappa shape index (κ2) is 6.72. The van der Waals surface area contributed by atoms with E-state index in [2.05, 4.69) is 17.1 Å². The van der Waals surface area contributed by atoms with Gasteiger partial charge in [0.15, 0.2) is 5.82 Å². The first-order valence-electron chi connectivity index (χ1n) is 7.85. The van der Waals surface area contributed by atoms with Crippen LogP contribution in [0.25, 0.3) is 11.4 Å². The second-order valence-electron chi connectivity index (χ2n) is 5.62. The molecule has 2 aromatic rings. The van der Waals surface area contributed by atoms with Crippen molar-refractivity contribution in [1.82, 2.24) is 19.6 Å². The maximum atomic E-state index is 11.8. The molecule has 0 fully saturated rings. The van der Waals surface area contributed by atoms with Crippen molar-refractivity contribution in [3.63, 3.8) is 0 Å². The van der Waals surface area contributed by atoms with E-state index in [4.69, 9.17) is 10.5 Å². The number of esters is 1. The first-order chi connectivity index (χ1) is 11.5. The average molecular weight is 347 g/mol. The van der Waals surface area contributed by atoms with Crippen molar-refractivity contribution in [2.75, 3.05) is 18.6 Å². The van der Waals surface area contributed by atoms with Crippen molar-refractivity contribution < 1.29 is 9.53 Å². The predicted molar refractivity (Wildman–Crippen MR) is 93.9 cm³/mol. The van der Waals surface area contributed by atoms with Crippen LogP contribution in [0, 0.1) is 5.92 Å². The third-order valence-electron chi connectivity index (χ3n) is 4.04. The Hall–Kier alpha value is -2.22. The van der Waals surface area contributed by atoms with Gasteiger partial charge in [-0.15, -0.1) is 11.8 Å². The summed E-state index contributed by atoms with van der Waals surface area (Å²) in [6.07, 6.45) is 5.34. The van der Waals surface area contributed by atoms with Crippen LogP contribution < -0.4 is 5.73 Å².